The first-order chi connectivity index (χ1) is 10.8. The van der Waals surface area contributed by atoms with Crippen LogP contribution in [0.1, 0.15) is 27.7 Å². The van der Waals surface area contributed by atoms with Crippen LogP contribution in [0.5, 0.6) is 0 Å². The number of hydrogen-bond acceptors (Lipinski definition) is 2. The van der Waals surface area contributed by atoms with Crippen molar-refractivity contribution in [2.45, 2.75) is 12.5 Å². The van der Waals surface area contributed by atoms with Gasteiger partial charge in [-0.1, -0.05) is 60.7 Å². The zero-order valence-electron chi connectivity index (χ0n) is 11.9. The maximum Gasteiger partial charge on any atom is 0.270 e. The second-order valence-corrected chi connectivity index (χ2v) is 5.43. The van der Waals surface area contributed by atoms with Crippen LogP contribution >= 0.6 is 0 Å². The summed E-state index contributed by atoms with van der Waals surface area (Å²) in [6, 6.07) is 20.0. The second-order valence-electron chi connectivity index (χ2n) is 5.43. The van der Waals surface area contributed by atoms with Crippen molar-refractivity contribution in [2.24, 2.45) is 0 Å². The minimum Gasteiger partial charge on any atom is -0.344 e. The smallest absolute Gasteiger partial charge is 0.270 e. The third-order valence-corrected chi connectivity index (χ3v) is 4.06. The number of fused-ring (bicyclic) bond motifs is 1. The van der Waals surface area contributed by atoms with Gasteiger partial charge in [-0.25, -0.2) is 0 Å². The lowest BCUT2D eigenvalue weighted by Gasteiger charge is -2.24. The number of carbonyl (C=O) groups is 1. The minimum absolute atomic E-state index is 0.0127. The highest BCUT2D eigenvalue weighted by Gasteiger charge is 2.30. The van der Waals surface area contributed by atoms with Crippen LogP contribution in [0.4, 0.5) is 0 Å². The highest BCUT2D eigenvalue weighted by molar-refractivity contribution is 5.97. The molecule has 4 nitrogen and oxygen atoms in total. The van der Waals surface area contributed by atoms with E-state index in [4.69, 9.17) is 0 Å². The number of rotatable bonds is 2. The van der Waals surface area contributed by atoms with Crippen LogP contribution in [0.3, 0.4) is 0 Å². The molecule has 0 saturated carbocycles. The molecule has 2 heterocycles. The van der Waals surface area contributed by atoms with Crippen molar-refractivity contribution < 1.29 is 4.79 Å². The van der Waals surface area contributed by atoms with Crippen LogP contribution in [0, 0.1) is 0 Å². The van der Waals surface area contributed by atoms with Crippen molar-refractivity contribution in [3.8, 4) is 11.3 Å². The SMILES string of the molecule is O=C1NC(c2ccccc2)Cc2c(-c3ccccc3)n[nH]c21. The largest absolute Gasteiger partial charge is 0.344 e. The van der Waals surface area contributed by atoms with Crippen molar-refractivity contribution >= 4 is 5.91 Å². The van der Waals surface area contributed by atoms with E-state index in [9.17, 15) is 4.79 Å². The van der Waals surface area contributed by atoms with Gasteiger partial charge in [0, 0.05) is 17.5 Å². The summed E-state index contributed by atoms with van der Waals surface area (Å²) in [7, 11) is 0. The molecule has 0 fully saturated rings. The first-order valence-electron chi connectivity index (χ1n) is 7.31. The monoisotopic (exact) mass is 289 g/mol. The molecule has 4 heteroatoms. The van der Waals surface area contributed by atoms with Gasteiger partial charge in [0.15, 0.2) is 0 Å². The van der Waals surface area contributed by atoms with E-state index in [0.717, 1.165) is 28.8 Å². The standard InChI is InChI=1S/C18H15N3O/c22-18-17-14(11-15(19-18)12-7-3-1-4-8-12)16(20-21-17)13-9-5-2-6-10-13/h1-10,15H,11H2,(H,19,22)(H,20,21). The Bertz CT molecular complexity index is 809. The molecular formula is C18H15N3O. The van der Waals surface area contributed by atoms with Crippen LogP contribution in [0.15, 0.2) is 60.7 Å². The molecule has 1 atom stereocenters. The molecule has 0 aliphatic carbocycles. The number of nitrogens with one attached hydrogen (secondary N) is 2. The lowest BCUT2D eigenvalue weighted by molar-refractivity contribution is 0.0920. The average molecular weight is 289 g/mol. The number of hydrogen-bond donors (Lipinski definition) is 2. The zero-order chi connectivity index (χ0) is 14.9. The third-order valence-electron chi connectivity index (χ3n) is 4.06. The maximum absolute atomic E-state index is 12.3. The fourth-order valence-electron chi connectivity index (χ4n) is 2.96. The predicted octanol–water partition coefficient (Wildman–Crippen LogP) is 3.10. The van der Waals surface area contributed by atoms with Crippen molar-refractivity contribution in [3.05, 3.63) is 77.5 Å². The Hall–Kier alpha value is -2.88. The van der Waals surface area contributed by atoms with Crippen LogP contribution in [-0.4, -0.2) is 16.1 Å². The summed E-state index contributed by atoms with van der Waals surface area (Å²) in [6.45, 7) is 0. The first-order valence-corrected chi connectivity index (χ1v) is 7.31. The van der Waals surface area contributed by atoms with E-state index in [2.05, 4.69) is 15.5 Å². The molecule has 2 aromatic carbocycles. The van der Waals surface area contributed by atoms with Crippen molar-refractivity contribution in [2.75, 3.05) is 0 Å². The summed E-state index contributed by atoms with van der Waals surface area (Å²) < 4.78 is 0. The summed E-state index contributed by atoms with van der Waals surface area (Å²) in [5.74, 6) is -0.0928. The number of amides is 1. The van der Waals surface area contributed by atoms with E-state index in [1.54, 1.807) is 0 Å². The van der Waals surface area contributed by atoms with Crippen LogP contribution < -0.4 is 5.32 Å². The molecule has 4 rings (SSSR count). The molecule has 0 bridgehead atoms. The number of H-pyrrole nitrogens is 1. The van der Waals surface area contributed by atoms with Crippen LogP contribution in [0.25, 0.3) is 11.3 Å². The molecular weight excluding hydrogens is 274 g/mol. The highest BCUT2D eigenvalue weighted by atomic mass is 16.2. The maximum atomic E-state index is 12.3. The van der Waals surface area contributed by atoms with Gasteiger partial charge in [0.2, 0.25) is 0 Å². The van der Waals surface area contributed by atoms with E-state index < -0.39 is 0 Å². The van der Waals surface area contributed by atoms with Crippen molar-refractivity contribution in [3.63, 3.8) is 0 Å². The topological polar surface area (TPSA) is 57.8 Å². The number of aromatic amines is 1. The number of nitrogens with zero attached hydrogens (tertiary/aromatic N) is 1. The molecule has 0 spiro atoms. The van der Waals surface area contributed by atoms with Crippen LogP contribution in [-0.2, 0) is 6.42 Å². The zero-order valence-corrected chi connectivity index (χ0v) is 11.9. The Labute approximate surface area is 128 Å². The summed E-state index contributed by atoms with van der Waals surface area (Å²) in [5, 5.41) is 10.3. The van der Waals surface area contributed by atoms with Gasteiger partial charge in [-0.05, 0) is 5.56 Å². The lowest BCUT2D eigenvalue weighted by Crippen LogP contribution is -2.35. The Morgan fingerprint density at radius 1 is 0.955 bits per heavy atom. The molecule has 1 aliphatic rings. The van der Waals surface area contributed by atoms with E-state index >= 15 is 0 Å². The predicted molar refractivity (Wildman–Crippen MR) is 84.4 cm³/mol. The second kappa shape index (κ2) is 5.15. The van der Waals surface area contributed by atoms with E-state index in [0.29, 0.717) is 5.69 Å². The summed E-state index contributed by atoms with van der Waals surface area (Å²) in [5.41, 5.74) is 4.57. The summed E-state index contributed by atoms with van der Waals surface area (Å²) >= 11 is 0. The highest BCUT2D eigenvalue weighted by Crippen LogP contribution is 2.31. The van der Waals surface area contributed by atoms with Gasteiger partial charge in [-0.3, -0.25) is 9.89 Å². The average Bonchev–Trinajstić information content (AvgIpc) is 3.01. The molecule has 0 saturated heterocycles. The Kier molecular flexibility index (Phi) is 3.00. The molecule has 0 radical (unpaired) electrons. The van der Waals surface area contributed by atoms with Gasteiger partial charge in [0.25, 0.3) is 5.91 Å². The molecule has 1 unspecified atom stereocenters. The number of aromatic nitrogens is 2. The summed E-state index contributed by atoms with van der Waals surface area (Å²) in [6.07, 6.45) is 0.742. The fraction of sp³-hybridized carbons (Fsp3) is 0.111. The van der Waals surface area contributed by atoms with Crippen LogP contribution in [0.2, 0.25) is 0 Å². The van der Waals surface area contributed by atoms with Gasteiger partial charge in [-0.2, -0.15) is 5.10 Å². The van der Waals surface area contributed by atoms with Crippen molar-refractivity contribution in [1.29, 1.82) is 0 Å². The lowest BCUT2D eigenvalue weighted by atomic mass is 9.92. The van der Waals surface area contributed by atoms with Crippen molar-refractivity contribution in [1.82, 2.24) is 15.5 Å². The van der Waals surface area contributed by atoms with Gasteiger partial charge in [0.05, 0.1) is 11.7 Å². The van der Waals surface area contributed by atoms with E-state index in [1.807, 2.05) is 60.7 Å². The molecule has 108 valence electrons. The number of benzene rings is 2. The first kappa shape index (κ1) is 12.8. The minimum atomic E-state index is -0.0928. The Morgan fingerprint density at radius 3 is 2.36 bits per heavy atom. The van der Waals surface area contributed by atoms with Gasteiger partial charge >= 0.3 is 0 Å². The normalized spacial score (nSPS) is 16.9. The molecule has 22 heavy (non-hydrogen) atoms. The Morgan fingerprint density at radius 2 is 1.64 bits per heavy atom. The molecule has 1 aliphatic heterocycles. The molecule has 2 N–H and O–H groups in total. The fourth-order valence-corrected chi connectivity index (χ4v) is 2.96. The van der Waals surface area contributed by atoms with Gasteiger partial charge < -0.3 is 5.32 Å². The molecule has 3 aromatic rings. The van der Waals surface area contributed by atoms with E-state index in [1.165, 1.54) is 0 Å². The quantitative estimate of drug-likeness (QED) is 0.761. The van der Waals surface area contributed by atoms with Gasteiger partial charge in [-0.15, -0.1) is 0 Å². The molecule has 1 aromatic heterocycles. The summed E-state index contributed by atoms with van der Waals surface area (Å²) in [4.78, 5) is 12.3. The third kappa shape index (κ3) is 2.09. The van der Waals surface area contributed by atoms with Gasteiger partial charge in [0.1, 0.15) is 5.69 Å². The van der Waals surface area contributed by atoms with E-state index in [-0.39, 0.29) is 11.9 Å². The molecule has 1 amide bonds. The Balaban J connectivity index is 1.76. The number of carbonyl (C=O) groups excluding carboxylic acids is 1.